The number of aromatic nitrogens is 4. The van der Waals surface area contributed by atoms with Gasteiger partial charge in [-0.2, -0.15) is 14.5 Å². The number of benzene rings is 2. The van der Waals surface area contributed by atoms with E-state index in [0.717, 1.165) is 28.4 Å². The molecule has 29 heavy (non-hydrogen) atoms. The molecule has 0 aliphatic carbocycles. The Morgan fingerprint density at radius 3 is 2.59 bits per heavy atom. The van der Waals surface area contributed by atoms with E-state index in [0.29, 0.717) is 22.3 Å². The molecule has 1 amide bonds. The normalized spacial score (nSPS) is 10.9. The van der Waals surface area contributed by atoms with Crippen molar-refractivity contribution < 1.29 is 9.18 Å². The molecule has 8 heteroatoms. The summed E-state index contributed by atoms with van der Waals surface area (Å²) >= 11 is 1.13. The molecule has 146 valence electrons. The van der Waals surface area contributed by atoms with Crippen LogP contribution in [0.4, 0.5) is 9.52 Å². The van der Waals surface area contributed by atoms with Crippen molar-refractivity contribution in [2.24, 2.45) is 0 Å². The van der Waals surface area contributed by atoms with Crippen LogP contribution in [-0.2, 0) is 11.2 Å². The van der Waals surface area contributed by atoms with Gasteiger partial charge in [-0.15, -0.1) is 0 Å². The van der Waals surface area contributed by atoms with Crippen molar-refractivity contribution >= 4 is 22.6 Å². The molecule has 0 radical (unpaired) electrons. The van der Waals surface area contributed by atoms with Crippen LogP contribution in [0.15, 0.2) is 54.6 Å². The van der Waals surface area contributed by atoms with Crippen LogP contribution < -0.4 is 5.32 Å². The first-order chi connectivity index (χ1) is 14.0. The quantitative estimate of drug-likeness (QED) is 0.535. The Morgan fingerprint density at radius 2 is 1.83 bits per heavy atom. The van der Waals surface area contributed by atoms with Gasteiger partial charge in [-0.05, 0) is 26.0 Å². The number of carbonyl (C=O) groups is 1. The number of rotatable bonds is 5. The second-order valence-corrected chi connectivity index (χ2v) is 7.28. The minimum Gasteiger partial charge on any atom is -0.300 e. The summed E-state index contributed by atoms with van der Waals surface area (Å²) in [4.78, 5) is 16.9. The number of hydrogen-bond acceptors (Lipinski definition) is 5. The number of carbonyl (C=O) groups excluding carboxylic acids is 1. The maximum atomic E-state index is 14.1. The molecule has 2 aromatic carbocycles. The molecule has 0 saturated carbocycles. The average molecular weight is 407 g/mol. The molecule has 0 aliphatic heterocycles. The fourth-order valence-corrected chi connectivity index (χ4v) is 3.70. The zero-order valence-corrected chi connectivity index (χ0v) is 16.7. The van der Waals surface area contributed by atoms with Gasteiger partial charge in [0.05, 0.1) is 12.1 Å². The summed E-state index contributed by atoms with van der Waals surface area (Å²) < 4.78 is 20.0. The molecule has 4 aromatic rings. The van der Waals surface area contributed by atoms with E-state index in [9.17, 15) is 9.18 Å². The second kappa shape index (κ2) is 7.92. The summed E-state index contributed by atoms with van der Waals surface area (Å²) in [6.45, 7) is 3.64. The van der Waals surface area contributed by atoms with Gasteiger partial charge in [0.2, 0.25) is 11.0 Å². The molecule has 0 atom stereocenters. The van der Waals surface area contributed by atoms with E-state index in [-0.39, 0.29) is 18.1 Å². The van der Waals surface area contributed by atoms with Crippen LogP contribution in [0, 0.1) is 19.7 Å². The molecule has 0 saturated heterocycles. The molecule has 1 N–H and O–H groups in total. The summed E-state index contributed by atoms with van der Waals surface area (Å²) in [5.41, 5.74) is 3.42. The smallest absolute Gasteiger partial charge is 0.230 e. The van der Waals surface area contributed by atoms with Gasteiger partial charge in [0, 0.05) is 28.4 Å². The zero-order valence-electron chi connectivity index (χ0n) is 15.9. The summed E-state index contributed by atoms with van der Waals surface area (Å²) in [6.07, 6.45) is 0.117. The molecule has 0 fully saturated rings. The van der Waals surface area contributed by atoms with E-state index in [4.69, 9.17) is 0 Å². The molecule has 0 unspecified atom stereocenters. The molecule has 2 heterocycles. The molecular weight excluding hydrogens is 389 g/mol. The molecule has 4 rings (SSSR count). The highest BCUT2D eigenvalue weighted by molar-refractivity contribution is 7.10. The number of amides is 1. The fraction of sp³-hybridized carbons (Fsp3) is 0.143. The van der Waals surface area contributed by atoms with E-state index in [1.807, 2.05) is 44.2 Å². The Bertz CT molecular complexity index is 1170. The fourth-order valence-electron chi connectivity index (χ4n) is 3.09. The third-order valence-corrected chi connectivity index (χ3v) is 5.19. The first-order valence-corrected chi connectivity index (χ1v) is 9.79. The molecule has 2 aromatic heterocycles. The van der Waals surface area contributed by atoms with Crippen LogP contribution in [0.3, 0.4) is 0 Å². The van der Waals surface area contributed by atoms with E-state index in [2.05, 4.69) is 19.8 Å². The SMILES string of the molecule is Cc1nn(-c2ccccc2F)c(C)c1CC(=O)Nc1nc(-c2ccccc2)ns1. The van der Waals surface area contributed by atoms with E-state index in [1.54, 1.807) is 18.2 Å². The highest BCUT2D eigenvalue weighted by Crippen LogP contribution is 2.23. The standard InChI is InChI=1S/C21H18FN5OS/c1-13-16(14(2)27(25-13)18-11-7-6-10-17(18)22)12-19(28)23-21-24-20(26-29-21)15-8-4-3-5-9-15/h3-11H,12H2,1-2H3,(H,23,24,26,28). The third kappa shape index (κ3) is 3.93. The summed E-state index contributed by atoms with van der Waals surface area (Å²) in [7, 11) is 0. The Labute approximate surface area is 171 Å². The minimum atomic E-state index is -0.364. The largest absolute Gasteiger partial charge is 0.300 e. The summed E-state index contributed by atoms with van der Waals surface area (Å²) in [6, 6.07) is 16.0. The van der Waals surface area contributed by atoms with E-state index in [1.165, 1.54) is 10.7 Å². The van der Waals surface area contributed by atoms with Gasteiger partial charge >= 0.3 is 0 Å². The van der Waals surface area contributed by atoms with Gasteiger partial charge in [0.1, 0.15) is 11.5 Å². The van der Waals surface area contributed by atoms with Crippen molar-refractivity contribution in [2.45, 2.75) is 20.3 Å². The van der Waals surface area contributed by atoms with Crippen LogP contribution in [0.25, 0.3) is 17.1 Å². The maximum absolute atomic E-state index is 14.1. The number of halogens is 1. The van der Waals surface area contributed by atoms with Gasteiger partial charge in [-0.1, -0.05) is 42.5 Å². The molecular formula is C21H18FN5OS. The summed E-state index contributed by atoms with van der Waals surface area (Å²) in [5, 5.41) is 7.64. The average Bonchev–Trinajstić information content (AvgIpc) is 3.29. The van der Waals surface area contributed by atoms with Crippen molar-refractivity contribution in [3.05, 3.63) is 77.4 Å². The van der Waals surface area contributed by atoms with Gasteiger partial charge in [-0.3, -0.25) is 4.79 Å². The third-order valence-electron chi connectivity index (χ3n) is 4.56. The lowest BCUT2D eigenvalue weighted by atomic mass is 10.1. The second-order valence-electron chi connectivity index (χ2n) is 6.53. The number of aryl methyl sites for hydroxylation is 1. The van der Waals surface area contributed by atoms with Crippen molar-refractivity contribution in [3.63, 3.8) is 0 Å². The van der Waals surface area contributed by atoms with Gasteiger partial charge in [0.15, 0.2) is 5.82 Å². The van der Waals surface area contributed by atoms with E-state index < -0.39 is 0 Å². The number of nitrogens with one attached hydrogen (secondary N) is 1. The Kier molecular flexibility index (Phi) is 5.18. The number of para-hydroxylation sites is 1. The molecule has 0 bridgehead atoms. The topological polar surface area (TPSA) is 72.7 Å². The van der Waals surface area contributed by atoms with Crippen molar-refractivity contribution in [1.29, 1.82) is 0 Å². The maximum Gasteiger partial charge on any atom is 0.230 e. The van der Waals surface area contributed by atoms with Crippen LogP contribution in [0.5, 0.6) is 0 Å². The van der Waals surface area contributed by atoms with Crippen LogP contribution in [0.1, 0.15) is 17.0 Å². The van der Waals surface area contributed by atoms with Gasteiger partial charge < -0.3 is 5.32 Å². The van der Waals surface area contributed by atoms with Crippen molar-refractivity contribution in [2.75, 3.05) is 5.32 Å². The lowest BCUT2D eigenvalue weighted by Gasteiger charge is -2.06. The molecule has 6 nitrogen and oxygen atoms in total. The van der Waals surface area contributed by atoms with Crippen molar-refractivity contribution in [3.8, 4) is 17.1 Å². The van der Waals surface area contributed by atoms with Crippen molar-refractivity contribution in [1.82, 2.24) is 19.1 Å². The predicted octanol–water partition coefficient (Wildman–Crippen LogP) is 4.33. The molecule has 0 aliphatic rings. The lowest BCUT2D eigenvalue weighted by Crippen LogP contribution is -2.15. The number of anilines is 1. The highest BCUT2D eigenvalue weighted by Gasteiger charge is 2.18. The number of nitrogens with zero attached hydrogens (tertiary/aromatic N) is 4. The highest BCUT2D eigenvalue weighted by atomic mass is 32.1. The lowest BCUT2D eigenvalue weighted by molar-refractivity contribution is -0.115. The molecule has 0 spiro atoms. The minimum absolute atomic E-state index is 0.117. The monoisotopic (exact) mass is 407 g/mol. The van der Waals surface area contributed by atoms with E-state index >= 15 is 0 Å². The van der Waals surface area contributed by atoms with Crippen LogP contribution in [0.2, 0.25) is 0 Å². The van der Waals surface area contributed by atoms with Crippen LogP contribution in [-0.4, -0.2) is 25.0 Å². The Hall–Kier alpha value is -3.39. The van der Waals surface area contributed by atoms with Gasteiger partial charge in [0.25, 0.3) is 0 Å². The predicted molar refractivity (Wildman–Crippen MR) is 111 cm³/mol. The Morgan fingerprint density at radius 1 is 1.10 bits per heavy atom. The van der Waals surface area contributed by atoms with Crippen LogP contribution >= 0.6 is 11.5 Å². The Balaban J connectivity index is 1.51. The first-order valence-electron chi connectivity index (χ1n) is 9.02. The van der Waals surface area contributed by atoms with Gasteiger partial charge in [-0.25, -0.2) is 9.07 Å². The zero-order chi connectivity index (χ0) is 20.4. The summed E-state index contributed by atoms with van der Waals surface area (Å²) in [5.74, 6) is -0.0120. The first kappa shape index (κ1) is 18.9. The number of hydrogen-bond donors (Lipinski definition) is 1.